The van der Waals surface area contributed by atoms with Crippen molar-refractivity contribution in [1.82, 2.24) is 9.80 Å². The lowest BCUT2D eigenvalue weighted by molar-refractivity contribution is -0.146. The number of hydrogen-bond acceptors (Lipinski definition) is 4. The zero-order valence-corrected chi connectivity index (χ0v) is 11.3. The van der Waals surface area contributed by atoms with Gasteiger partial charge in [0, 0.05) is 32.8 Å². The molecule has 0 aromatic heterocycles. The molecule has 0 aromatic carbocycles. The molecule has 2 fully saturated rings. The van der Waals surface area contributed by atoms with Gasteiger partial charge in [-0.15, -0.1) is 0 Å². The molecule has 0 saturated carbocycles. The van der Waals surface area contributed by atoms with Crippen molar-refractivity contribution in [3.63, 3.8) is 0 Å². The molecule has 0 spiro atoms. The molecule has 1 atom stereocenters. The van der Waals surface area contributed by atoms with Crippen LogP contribution in [-0.2, 0) is 19.1 Å². The highest BCUT2D eigenvalue weighted by molar-refractivity contribution is 5.96. The number of amides is 2. The molecule has 2 aliphatic rings. The van der Waals surface area contributed by atoms with Crippen molar-refractivity contribution in [1.29, 1.82) is 0 Å². The first-order valence-corrected chi connectivity index (χ1v) is 6.75. The van der Waals surface area contributed by atoms with Gasteiger partial charge in [-0.2, -0.15) is 0 Å². The maximum absolute atomic E-state index is 12.1. The fourth-order valence-electron chi connectivity index (χ4n) is 2.48. The summed E-state index contributed by atoms with van der Waals surface area (Å²) in [6.45, 7) is 4.14. The molecule has 0 aliphatic carbocycles. The standard InChI is InChI=1S/C13H20N2O4/c1-10(16)9-12(17)14-4-6-15(7-5-14)13(18)11-3-2-8-19-11/h11H,2-9H2,1H3. The van der Waals surface area contributed by atoms with Gasteiger partial charge in [-0.1, -0.05) is 0 Å². The van der Waals surface area contributed by atoms with Crippen molar-refractivity contribution >= 4 is 17.6 Å². The molecule has 2 saturated heterocycles. The van der Waals surface area contributed by atoms with E-state index in [2.05, 4.69) is 0 Å². The summed E-state index contributed by atoms with van der Waals surface area (Å²) in [7, 11) is 0. The zero-order valence-electron chi connectivity index (χ0n) is 11.3. The van der Waals surface area contributed by atoms with Crippen LogP contribution in [0.4, 0.5) is 0 Å². The Labute approximate surface area is 112 Å². The second kappa shape index (κ2) is 6.14. The van der Waals surface area contributed by atoms with Crippen LogP contribution in [0.2, 0.25) is 0 Å². The van der Waals surface area contributed by atoms with Gasteiger partial charge < -0.3 is 14.5 Å². The van der Waals surface area contributed by atoms with Crippen molar-refractivity contribution in [2.75, 3.05) is 32.8 Å². The van der Waals surface area contributed by atoms with E-state index in [0.717, 1.165) is 12.8 Å². The Morgan fingerprint density at radius 3 is 2.26 bits per heavy atom. The highest BCUT2D eigenvalue weighted by Gasteiger charge is 2.31. The number of rotatable bonds is 3. The van der Waals surface area contributed by atoms with E-state index in [1.54, 1.807) is 9.80 Å². The molecule has 2 rings (SSSR count). The first kappa shape index (κ1) is 14.0. The van der Waals surface area contributed by atoms with E-state index in [4.69, 9.17) is 4.74 Å². The molecule has 19 heavy (non-hydrogen) atoms. The van der Waals surface area contributed by atoms with E-state index in [9.17, 15) is 14.4 Å². The Bertz CT molecular complexity index is 369. The fourth-order valence-corrected chi connectivity index (χ4v) is 2.48. The SMILES string of the molecule is CC(=O)CC(=O)N1CCN(C(=O)C2CCCO2)CC1. The molecule has 0 N–H and O–H groups in total. The summed E-state index contributed by atoms with van der Waals surface area (Å²) in [6, 6.07) is 0. The van der Waals surface area contributed by atoms with Crippen LogP contribution in [0.5, 0.6) is 0 Å². The lowest BCUT2D eigenvalue weighted by atomic mass is 10.2. The van der Waals surface area contributed by atoms with Gasteiger partial charge in [-0.3, -0.25) is 14.4 Å². The molecule has 2 aliphatic heterocycles. The minimum Gasteiger partial charge on any atom is -0.368 e. The van der Waals surface area contributed by atoms with Gasteiger partial charge in [0.05, 0.1) is 6.42 Å². The summed E-state index contributed by atoms with van der Waals surface area (Å²) in [4.78, 5) is 38.1. The van der Waals surface area contributed by atoms with Crippen molar-refractivity contribution in [3.8, 4) is 0 Å². The quantitative estimate of drug-likeness (QED) is 0.666. The van der Waals surface area contributed by atoms with Gasteiger partial charge in [0.1, 0.15) is 11.9 Å². The normalized spacial score (nSPS) is 23.5. The second-order valence-corrected chi connectivity index (χ2v) is 5.09. The maximum atomic E-state index is 12.1. The van der Waals surface area contributed by atoms with Crippen molar-refractivity contribution < 1.29 is 19.1 Å². The Morgan fingerprint density at radius 1 is 1.11 bits per heavy atom. The van der Waals surface area contributed by atoms with E-state index in [1.165, 1.54) is 6.92 Å². The molecule has 0 radical (unpaired) electrons. The van der Waals surface area contributed by atoms with Crippen molar-refractivity contribution in [3.05, 3.63) is 0 Å². The summed E-state index contributed by atoms with van der Waals surface area (Å²) in [5.41, 5.74) is 0. The number of hydrogen-bond donors (Lipinski definition) is 0. The van der Waals surface area contributed by atoms with E-state index in [-0.39, 0.29) is 30.1 Å². The zero-order chi connectivity index (χ0) is 13.8. The molecule has 2 amide bonds. The molecule has 6 nitrogen and oxygen atoms in total. The van der Waals surface area contributed by atoms with E-state index in [0.29, 0.717) is 32.8 Å². The average molecular weight is 268 g/mol. The molecular formula is C13H20N2O4. The Kier molecular flexibility index (Phi) is 4.52. The molecule has 1 unspecified atom stereocenters. The number of ketones is 1. The lowest BCUT2D eigenvalue weighted by Crippen LogP contribution is -2.53. The molecule has 106 valence electrons. The molecule has 6 heteroatoms. The highest BCUT2D eigenvalue weighted by atomic mass is 16.5. The monoisotopic (exact) mass is 268 g/mol. The Hall–Kier alpha value is -1.43. The van der Waals surface area contributed by atoms with Gasteiger partial charge >= 0.3 is 0 Å². The molecular weight excluding hydrogens is 248 g/mol. The van der Waals surface area contributed by atoms with Crippen LogP contribution in [0.1, 0.15) is 26.2 Å². The Morgan fingerprint density at radius 2 is 1.74 bits per heavy atom. The largest absolute Gasteiger partial charge is 0.368 e. The average Bonchev–Trinajstić information content (AvgIpc) is 2.91. The van der Waals surface area contributed by atoms with Gasteiger partial charge in [0.25, 0.3) is 5.91 Å². The first-order valence-electron chi connectivity index (χ1n) is 6.75. The lowest BCUT2D eigenvalue weighted by Gasteiger charge is -2.35. The van der Waals surface area contributed by atoms with Gasteiger partial charge in [-0.05, 0) is 19.8 Å². The van der Waals surface area contributed by atoms with Crippen LogP contribution in [0.3, 0.4) is 0 Å². The van der Waals surface area contributed by atoms with Crippen molar-refractivity contribution in [2.45, 2.75) is 32.3 Å². The topological polar surface area (TPSA) is 66.9 Å². The van der Waals surface area contributed by atoms with E-state index in [1.807, 2.05) is 0 Å². The summed E-state index contributed by atoms with van der Waals surface area (Å²) in [6.07, 6.45) is 1.40. The highest BCUT2D eigenvalue weighted by Crippen LogP contribution is 2.16. The van der Waals surface area contributed by atoms with Crippen LogP contribution in [-0.4, -0.2) is 66.3 Å². The number of carbonyl (C=O) groups excluding carboxylic acids is 3. The minimum atomic E-state index is -0.292. The summed E-state index contributed by atoms with van der Waals surface area (Å²) >= 11 is 0. The number of carbonyl (C=O) groups is 3. The molecule has 2 heterocycles. The third kappa shape index (κ3) is 3.53. The van der Waals surface area contributed by atoms with Crippen LogP contribution >= 0.6 is 0 Å². The third-order valence-corrected chi connectivity index (χ3v) is 3.55. The van der Waals surface area contributed by atoms with Gasteiger partial charge in [0.2, 0.25) is 5.91 Å². The second-order valence-electron chi connectivity index (χ2n) is 5.09. The van der Waals surface area contributed by atoms with Crippen molar-refractivity contribution in [2.24, 2.45) is 0 Å². The van der Waals surface area contributed by atoms with E-state index >= 15 is 0 Å². The van der Waals surface area contributed by atoms with Gasteiger partial charge in [0.15, 0.2) is 0 Å². The molecule has 0 aromatic rings. The third-order valence-electron chi connectivity index (χ3n) is 3.55. The van der Waals surface area contributed by atoms with E-state index < -0.39 is 0 Å². The maximum Gasteiger partial charge on any atom is 0.251 e. The van der Waals surface area contributed by atoms with Crippen LogP contribution in [0.25, 0.3) is 0 Å². The number of piperazine rings is 1. The number of nitrogens with zero attached hydrogens (tertiary/aromatic N) is 2. The smallest absolute Gasteiger partial charge is 0.251 e. The molecule has 0 bridgehead atoms. The predicted molar refractivity (Wildman–Crippen MR) is 67.4 cm³/mol. The van der Waals surface area contributed by atoms with Crippen LogP contribution in [0.15, 0.2) is 0 Å². The predicted octanol–water partition coefficient (Wildman–Crippen LogP) is -0.185. The van der Waals surface area contributed by atoms with Gasteiger partial charge in [-0.25, -0.2) is 0 Å². The fraction of sp³-hybridized carbons (Fsp3) is 0.769. The summed E-state index contributed by atoms with van der Waals surface area (Å²) in [5, 5.41) is 0. The number of Topliss-reactive ketones (excluding diaryl/α,β-unsaturated/α-hetero) is 1. The van der Waals surface area contributed by atoms with Crippen LogP contribution in [0, 0.1) is 0 Å². The summed E-state index contributed by atoms with van der Waals surface area (Å²) in [5.74, 6) is -0.226. The summed E-state index contributed by atoms with van der Waals surface area (Å²) < 4.78 is 5.38. The Balaban J connectivity index is 1.80. The first-order chi connectivity index (χ1) is 9.08. The van der Waals surface area contributed by atoms with Crippen LogP contribution < -0.4 is 0 Å². The minimum absolute atomic E-state index is 0.0381. The number of ether oxygens (including phenoxy) is 1.